The molecule has 1 N–H and O–H groups in total. The molecule has 0 atom stereocenters. The number of nitrogens with zero attached hydrogens (tertiary/aromatic N) is 2. The van der Waals surface area contributed by atoms with E-state index in [0.717, 1.165) is 87.7 Å². The molecule has 0 radical (unpaired) electrons. The van der Waals surface area contributed by atoms with Crippen LogP contribution in [0.2, 0.25) is 0 Å². The minimum atomic E-state index is 0.924. The molecule has 4 heteroatoms. The third-order valence-corrected chi connectivity index (χ3v) is 10.0. The van der Waals surface area contributed by atoms with Gasteiger partial charge in [-0.25, -0.2) is 9.98 Å². The Morgan fingerprint density at radius 2 is 0.812 bits per heavy atom. The summed E-state index contributed by atoms with van der Waals surface area (Å²) in [5.41, 5.74) is 14.7. The van der Waals surface area contributed by atoms with Gasteiger partial charge in [0.25, 0.3) is 0 Å². The molecule has 4 aromatic carbocycles. The van der Waals surface area contributed by atoms with Gasteiger partial charge in [0.15, 0.2) is 0 Å². The molecular formula is C44H29N3S. The van der Waals surface area contributed by atoms with Crippen LogP contribution in [0.15, 0.2) is 191 Å². The van der Waals surface area contributed by atoms with Crippen LogP contribution in [0.25, 0.3) is 22.3 Å². The zero-order valence-electron chi connectivity index (χ0n) is 26.0. The van der Waals surface area contributed by atoms with E-state index in [1.807, 2.05) is 0 Å². The van der Waals surface area contributed by atoms with Gasteiger partial charge in [-0.3, -0.25) is 0 Å². The largest absolute Gasteiger partial charge is 0.360 e. The average Bonchev–Trinajstić information content (AvgIpc) is 3.98. The fourth-order valence-electron chi connectivity index (χ4n) is 6.73. The average molecular weight is 632 g/mol. The van der Waals surface area contributed by atoms with E-state index in [2.05, 4.69) is 175 Å². The molecule has 226 valence electrons. The van der Waals surface area contributed by atoms with Crippen LogP contribution in [0.4, 0.5) is 0 Å². The molecule has 5 heterocycles. The fraction of sp³-hybridized carbons (Fsp3) is 0. The monoisotopic (exact) mass is 631 g/mol. The molecule has 0 fully saturated rings. The Labute approximate surface area is 283 Å². The molecular weight excluding hydrogens is 603 g/mol. The Morgan fingerprint density at radius 3 is 1.29 bits per heavy atom. The van der Waals surface area contributed by atoms with E-state index in [0.29, 0.717) is 0 Å². The number of hydrogen-bond acceptors (Lipinski definition) is 3. The highest BCUT2D eigenvalue weighted by Crippen LogP contribution is 2.36. The molecule has 0 spiro atoms. The summed E-state index contributed by atoms with van der Waals surface area (Å²) in [4.78, 5) is 14.4. The van der Waals surface area contributed by atoms with Crippen LogP contribution < -0.4 is 9.06 Å². The smallest absolute Gasteiger partial charge is 0.0737 e. The van der Waals surface area contributed by atoms with Gasteiger partial charge in [0, 0.05) is 48.8 Å². The maximum Gasteiger partial charge on any atom is 0.0737 e. The van der Waals surface area contributed by atoms with Crippen molar-refractivity contribution >= 4 is 45.1 Å². The lowest BCUT2D eigenvalue weighted by Gasteiger charge is -2.10. The number of rotatable bonds is 4. The summed E-state index contributed by atoms with van der Waals surface area (Å²) in [5, 5.41) is 0. The third-order valence-electron chi connectivity index (χ3n) is 8.89. The first-order chi connectivity index (χ1) is 23.8. The van der Waals surface area contributed by atoms with Gasteiger partial charge in [0.2, 0.25) is 0 Å². The summed E-state index contributed by atoms with van der Waals surface area (Å²) in [6.07, 6.45) is 10.7. The first kappa shape index (κ1) is 28.1. The summed E-state index contributed by atoms with van der Waals surface area (Å²) < 4.78 is 2.32. The topological polar surface area (TPSA) is 40.5 Å². The van der Waals surface area contributed by atoms with Gasteiger partial charge >= 0.3 is 0 Å². The second-order valence-electron chi connectivity index (χ2n) is 11.9. The Hall–Kier alpha value is -6.10. The Balaban J connectivity index is 1.42. The molecule has 6 aromatic rings. The van der Waals surface area contributed by atoms with Crippen molar-refractivity contribution in [2.45, 2.75) is 0 Å². The second kappa shape index (κ2) is 11.9. The van der Waals surface area contributed by atoms with Crippen LogP contribution in [0.5, 0.6) is 0 Å². The molecule has 0 amide bonds. The van der Waals surface area contributed by atoms with Gasteiger partial charge in [-0.05, 0) is 64.8 Å². The van der Waals surface area contributed by atoms with Gasteiger partial charge in [0.1, 0.15) is 0 Å². The Bertz CT molecular complexity index is 2330. The normalized spacial score (nSPS) is 15.3. The number of fused-ring (bicyclic) bond motifs is 6. The molecule has 0 saturated heterocycles. The lowest BCUT2D eigenvalue weighted by atomic mass is 9.96. The number of thiophene rings is 1. The van der Waals surface area contributed by atoms with E-state index in [1.165, 1.54) is 0 Å². The molecule has 3 aliphatic rings. The predicted octanol–water partition coefficient (Wildman–Crippen LogP) is 8.73. The number of nitrogens with one attached hydrogen (secondary N) is 1. The van der Waals surface area contributed by atoms with Gasteiger partial charge in [-0.2, -0.15) is 0 Å². The van der Waals surface area contributed by atoms with E-state index >= 15 is 0 Å². The molecule has 0 unspecified atom stereocenters. The first-order valence-electron chi connectivity index (χ1n) is 16.1. The minimum Gasteiger partial charge on any atom is -0.360 e. The number of hydrogen-bond donors (Lipinski definition) is 1. The maximum absolute atomic E-state index is 5.38. The molecule has 8 bridgehead atoms. The Kier molecular flexibility index (Phi) is 6.99. The number of H-pyrrole nitrogens is 1. The van der Waals surface area contributed by atoms with Crippen LogP contribution >= 0.6 is 11.3 Å². The maximum atomic E-state index is 5.38. The van der Waals surface area contributed by atoms with E-state index < -0.39 is 0 Å². The number of benzene rings is 4. The quantitative estimate of drug-likeness (QED) is 0.202. The van der Waals surface area contributed by atoms with Gasteiger partial charge in [0.05, 0.1) is 22.8 Å². The van der Waals surface area contributed by atoms with Crippen molar-refractivity contribution < 1.29 is 0 Å². The summed E-state index contributed by atoms with van der Waals surface area (Å²) in [5.74, 6) is 0. The van der Waals surface area contributed by atoms with Crippen molar-refractivity contribution in [3.8, 4) is 0 Å². The van der Waals surface area contributed by atoms with E-state index in [-0.39, 0.29) is 0 Å². The second-order valence-corrected chi connectivity index (χ2v) is 12.9. The van der Waals surface area contributed by atoms with Crippen molar-refractivity contribution in [2.24, 2.45) is 9.98 Å². The van der Waals surface area contributed by atoms with E-state index in [4.69, 9.17) is 9.98 Å². The minimum absolute atomic E-state index is 0.924. The van der Waals surface area contributed by atoms with Crippen LogP contribution in [0.1, 0.15) is 33.5 Å². The Morgan fingerprint density at radius 1 is 0.396 bits per heavy atom. The number of allylic oxidation sites excluding steroid dienone is 4. The van der Waals surface area contributed by atoms with Crippen molar-refractivity contribution in [1.29, 1.82) is 0 Å². The van der Waals surface area contributed by atoms with Crippen LogP contribution in [0, 0.1) is 0 Å². The molecule has 9 rings (SSSR count). The van der Waals surface area contributed by atoms with Gasteiger partial charge in [-0.1, -0.05) is 121 Å². The number of aromatic nitrogens is 1. The van der Waals surface area contributed by atoms with E-state index in [9.17, 15) is 0 Å². The van der Waals surface area contributed by atoms with Crippen molar-refractivity contribution in [1.82, 2.24) is 4.98 Å². The van der Waals surface area contributed by atoms with Crippen LogP contribution in [-0.4, -0.2) is 16.4 Å². The van der Waals surface area contributed by atoms with E-state index in [1.54, 1.807) is 11.3 Å². The fourth-order valence-corrected chi connectivity index (χ4v) is 7.88. The highest BCUT2D eigenvalue weighted by Gasteiger charge is 2.23. The molecule has 3 nitrogen and oxygen atoms in total. The summed E-state index contributed by atoms with van der Waals surface area (Å²) in [6.45, 7) is 0. The highest BCUT2D eigenvalue weighted by molar-refractivity contribution is 7.08. The molecule has 0 saturated carbocycles. The molecule has 0 aliphatic carbocycles. The lowest BCUT2D eigenvalue weighted by molar-refractivity contribution is 1.31. The SMILES string of the molecule is C1=CC2=C(c3ccccc3)c3c[nH]c(c3)C(c3ccccc3)=C3C=CC(=N3)C(c3ccccc3)=c3ccc(s3)=C(c3ccccc3)C1=N2. The predicted molar refractivity (Wildman–Crippen MR) is 200 cm³/mol. The van der Waals surface area contributed by atoms with Crippen molar-refractivity contribution in [3.63, 3.8) is 0 Å². The number of aliphatic imine (C=N–C) groups is 2. The summed E-state index contributed by atoms with van der Waals surface area (Å²) >= 11 is 1.79. The van der Waals surface area contributed by atoms with Crippen LogP contribution in [0.3, 0.4) is 0 Å². The molecule has 2 aromatic heterocycles. The molecule has 3 aliphatic heterocycles. The standard InChI is InChI=1S/C44H29N3S/c1-5-13-29(14-6-1)41-33-27-38(45-28-33)42(30-15-7-2-8-16-30)35-22-24-37(47-35)44(32-19-11-4-12-20-32)40-26-25-39(48-40)43(31-17-9-3-10-18-31)36-23-21-34(41)46-36/h1-28,45H. The summed E-state index contributed by atoms with van der Waals surface area (Å²) in [7, 11) is 0. The van der Waals surface area contributed by atoms with Crippen LogP contribution in [-0.2, 0) is 0 Å². The van der Waals surface area contributed by atoms with Crippen molar-refractivity contribution in [2.75, 3.05) is 0 Å². The zero-order chi connectivity index (χ0) is 31.9. The first-order valence-corrected chi connectivity index (χ1v) is 16.9. The van der Waals surface area contributed by atoms with Gasteiger partial charge in [-0.15, -0.1) is 11.3 Å². The highest BCUT2D eigenvalue weighted by atomic mass is 32.1. The third kappa shape index (κ3) is 5.00. The molecule has 48 heavy (non-hydrogen) atoms. The van der Waals surface area contributed by atoms with Crippen molar-refractivity contribution in [3.05, 3.63) is 224 Å². The zero-order valence-corrected chi connectivity index (χ0v) is 26.8. The summed E-state index contributed by atoms with van der Waals surface area (Å²) in [6, 6.07) is 49.0. The number of aromatic amines is 1. The van der Waals surface area contributed by atoms with Gasteiger partial charge < -0.3 is 4.98 Å². The lowest BCUT2D eigenvalue weighted by Crippen LogP contribution is -2.12.